The molecule has 0 aromatic heterocycles. The Labute approximate surface area is 80.3 Å². The minimum absolute atomic E-state index is 0.0712. The van der Waals surface area contributed by atoms with Gasteiger partial charge >= 0.3 is 5.97 Å². The highest BCUT2D eigenvalue weighted by Gasteiger charge is 2.17. The molecular weight excluding hydrogens is 186 g/mol. The number of para-hydroxylation sites is 1. The third-order valence-electron chi connectivity index (χ3n) is 1.58. The second-order valence-electron chi connectivity index (χ2n) is 2.49. The Bertz CT molecular complexity index is 362. The SMILES string of the molecule is CONc1ccccc1C(=O)C(=O)O. The van der Waals surface area contributed by atoms with Gasteiger partial charge in [0.2, 0.25) is 0 Å². The molecule has 0 spiro atoms. The highest BCUT2D eigenvalue weighted by atomic mass is 16.6. The molecule has 0 aliphatic rings. The largest absolute Gasteiger partial charge is 0.475 e. The molecule has 0 saturated heterocycles. The average Bonchev–Trinajstić information content (AvgIpc) is 2.18. The Hall–Kier alpha value is -1.88. The number of carboxylic acids is 1. The number of anilines is 1. The van der Waals surface area contributed by atoms with Crippen molar-refractivity contribution < 1.29 is 19.5 Å². The van der Waals surface area contributed by atoms with Gasteiger partial charge in [0.15, 0.2) is 0 Å². The molecule has 1 aromatic carbocycles. The molecule has 5 heteroatoms. The summed E-state index contributed by atoms with van der Waals surface area (Å²) in [4.78, 5) is 26.2. The van der Waals surface area contributed by atoms with E-state index in [1.165, 1.54) is 13.2 Å². The topological polar surface area (TPSA) is 75.6 Å². The van der Waals surface area contributed by atoms with Crippen LogP contribution in [-0.2, 0) is 9.63 Å². The lowest BCUT2D eigenvalue weighted by molar-refractivity contribution is -0.131. The fraction of sp³-hybridized carbons (Fsp3) is 0.111. The maximum Gasteiger partial charge on any atom is 0.377 e. The van der Waals surface area contributed by atoms with E-state index in [0.717, 1.165) is 0 Å². The van der Waals surface area contributed by atoms with Crippen molar-refractivity contribution in [2.75, 3.05) is 12.6 Å². The van der Waals surface area contributed by atoms with Gasteiger partial charge in [-0.15, -0.1) is 0 Å². The van der Waals surface area contributed by atoms with Crippen LogP contribution in [0.15, 0.2) is 24.3 Å². The number of carbonyl (C=O) groups is 2. The first kappa shape index (κ1) is 10.2. The fourth-order valence-electron chi connectivity index (χ4n) is 0.995. The molecule has 0 fully saturated rings. The Morgan fingerprint density at radius 3 is 2.57 bits per heavy atom. The third kappa shape index (κ3) is 2.08. The number of hydrogen-bond donors (Lipinski definition) is 2. The lowest BCUT2D eigenvalue weighted by Gasteiger charge is -2.06. The van der Waals surface area contributed by atoms with Crippen LogP contribution in [0.5, 0.6) is 0 Å². The van der Waals surface area contributed by atoms with Gasteiger partial charge in [-0.3, -0.25) is 15.1 Å². The Morgan fingerprint density at radius 1 is 1.36 bits per heavy atom. The molecule has 0 amide bonds. The molecule has 14 heavy (non-hydrogen) atoms. The van der Waals surface area contributed by atoms with E-state index in [2.05, 4.69) is 10.3 Å². The molecule has 0 unspecified atom stereocenters. The van der Waals surface area contributed by atoms with Gasteiger partial charge in [0.1, 0.15) is 0 Å². The van der Waals surface area contributed by atoms with Crippen LogP contribution in [0.3, 0.4) is 0 Å². The normalized spacial score (nSPS) is 9.50. The first-order valence-electron chi connectivity index (χ1n) is 3.82. The van der Waals surface area contributed by atoms with E-state index in [9.17, 15) is 9.59 Å². The molecular formula is C9H9NO4. The summed E-state index contributed by atoms with van der Waals surface area (Å²) >= 11 is 0. The molecule has 0 heterocycles. The molecule has 0 aliphatic carbocycles. The fourth-order valence-corrected chi connectivity index (χ4v) is 0.995. The zero-order valence-electron chi connectivity index (χ0n) is 7.48. The maximum atomic E-state index is 11.1. The van der Waals surface area contributed by atoms with Gasteiger partial charge in [-0.25, -0.2) is 4.79 Å². The van der Waals surface area contributed by atoms with E-state index in [0.29, 0.717) is 5.69 Å². The van der Waals surface area contributed by atoms with E-state index in [1.54, 1.807) is 18.2 Å². The maximum absolute atomic E-state index is 11.1. The van der Waals surface area contributed by atoms with E-state index in [1.807, 2.05) is 0 Å². The van der Waals surface area contributed by atoms with E-state index in [-0.39, 0.29) is 5.56 Å². The van der Waals surface area contributed by atoms with E-state index in [4.69, 9.17) is 5.11 Å². The minimum Gasteiger partial charge on any atom is -0.475 e. The molecule has 5 nitrogen and oxygen atoms in total. The minimum atomic E-state index is -1.49. The van der Waals surface area contributed by atoms with Crippen LogP contribution in [0.4, 0.5) is 5.69 Å². The highest BCUT2D eigenvalue weighted by Crippen LogP contribution is 2.15. The Balaban J connectivity index is 3.06. The predicted octanol–water partition coefficient (Wildman–Crippen LogP) is 0.927. The van der Waals surface area contributed by atoms with Crippen molar-refractivity contribution in [2.24, 2.45) is 0 Å². The Kier molecular flexibility index (Phi) is 3.19. The number of carboxylic acid groups (broad SMARTS) is 1. The van der Waals surface area contributed by atoms with Crippen molar-refractivity contribution in [3.63, 3.8) is 0 Å². The summed E-state index contributed by atoms with van der Waals surface area (Å²) in [6.07, 6.45) is 0. The average molecular weight is 195 g/mol. The molecule has 0 aliphatic heterocycles. The standard InChI is InChI=1S/C9H9NO4/c1-14-10-7-5-3-2-4-6(7)8(11)9(12)13/h2-5,10H,1H3,(H,12,13). The van der Waals surface area contributed by atoms with Gasteiger partial charge < -0.3 is 5.11 Å². The number of carbonyl (C=O) groups excluding carboxylic acids is 1. The highest BCUT2D eigenvalue weighted by molar-refractivity contribution is 6.41. The summed E-state index contributed by atoms with van der Waals surface area (Å²) in [5.74, 6) is -2.46. The van der Waals surface area contributed by atoms with Gasteiger partial charge in [0, 0.05) is 0 Å². The van der Waals surface area contributed by atoms with Gasteiger partial charge in [-0.1, -0.05) is 12.1 Å². The van der Waals surface area contributed by atoms with Gasteiger partial charge in [-0.05, 0) is 12.1 Å². The molecule has 2 N–H and O–H groups in total. The Morgan fingerprint density at radius 2 is 2.00 bits per heavy atom. The van der Waals surface area contributed by atoms with Crippen LogP contribution in [-0.4, -0.2) is 24.0 Å². The molecule has 74 valence electrons. The number of aliphatic carboxylic acids is 1. The summed E-state index contributed by atoms with van der Waals surface area (Å²) in [5, 5.41) is 8.51. The molecule has 0 atom stereocenters. The summed E-state index contributed by atoms with van der Waals surface area (Å²) in [6, 6.07) is 6.22. The summed E-state index contributed by atoms with van der Waals surface area (Å²) in [7, 11) is 1.38. The summed E-state index contributed by atoms with van der Waals surface area (Å²) in [5.41, 5.74) is 2.83. The molecule has 1 rings (SSSR count). The number of ketones is 1. The van der Waals surface area contributed by atoms with Crippen LogP contribution < -0.4 is 5.48 Å². The van der Waals surface area contributed by atoms with Gasteiger partial charge in [0.25, 0.3) is 5.78 Å². The number of nitrogens with one attached hydrogen (secondary N) is 1. The van der Waals surface area contributed by atoms with Crippen LogP contribution in [0.25, 0.3) is 0 Å². The summed E-state index contributed by atoms with van der Waals surface area (Å²) in [6.45, 7) is 0. The van der Waals surface area contributed by atoms with Gasteiger partial charge in [-0.2, -0.15) is 0 Å². The molecule has 0 saturated carbocycles. The van der Waals surface area contributed by atoms with Crippen LogP contribution in [0, 0.1) is 0 Å². The van der Waals surface area contributed by atoms with Crippen molar-refractivity contribution in [3.05, 3.63) is 29.8 Å². The van der Waals surface area contributed by atoms with Crippen molar-refractivity contribution in [3.8, 4) is 0 Å². The third-order valence-corrected chi connectivity index (χ3v) is 1.58. The van der Waals surface area contributed by atoms with Crippen molar-refractivity contribution in [1.82, 2.24) is 0 Å². The zero-order valence-corrected chi connectivity index (χ0v) is 7.48. The lowest BCUT2D eigenvalue weighted by atomic mass is 10.1. The molecule has 1 aromatic rings. The number of benzene rings is 1. The zero-order chi connectivity index (χ0) is 10.6. The van der Waals surface area contributed by atoms with E-state index >= 15 is 0 Å². The molecule has 0 bridgehead atoms. The second-order valence-corrected chi connectivity index (χ2v) is 2.49. The van der Waals surface area contributed by atoms with Crippen LogP contribution >= 0.6 is 0 Å². The number of rotatable bonds is 4. The first-order valence-corrected chi connectivity index (χ1v) is 3.82. The smallest absolute Gasteiger partial charge is 0.377 e. The van der Waals surface area contributed by atoms with Crippen molar-refractivity contribution in [2.45, 2.75) is 0 Å². The number of hydrogen-bond acceptors (Lipinski definition) is 4. The molecule has 0 radical (unpaired) electrons. The summed E-state index contributed by atoms with van der Waals surface area (Å²) < 4.78 is 0. The van der Waals surface area contributed by atoms with Gasteiger partial charge in [0.05, 0.1) is 18.4 Å². The number of Topliss-reactive ketones (excluding diaryl/α,β-unsaturated/α-hetero) is 1. The van der Waals surface area contributed by atoms with Crippen LogP contribution in [0.1, 0.15) is 10.4 Å². The quantitative estimate of drug-likeness (QED) is 0.424. The predicted molar refractivity (Wildman–Crippen MR) is 49.0 cm³/mol. The first-order chi connectivity index (χ1) is 6.66. The second kappa shape index (κ2) is 4.38. The van der Waals surface area contributed by atoms with Crippen molar-refractivity contribution >= 4 is 17.4 Å². The lowest BCUT2D eigenvalue weighted by Crippen LogP contribution is -2.15. The van der Waals surface area contributed by atoms with Crippen molar-refractivity contribution in [1.29, 1.82) is 0 Å². The van der Waals surface area contributed by atoms with Crippen LogP contribution in [0.2, 0.25) is 0 Å². The van der Waals surface area contributed by atoms with E-state index < -0.39 is 11.8 Å². The monoisotopic (exact) mass is 195 g/mol.